The molecule has 2 aromatic carbocycles. The quantitative estimate of drug-likeness (QED) is 0.614. The molecule has 0 aliphatic carbocycles. The number of carbonyl (C=O) groups is 2. The van der Waals surface area contributed by atoms with E-state index in [9.17, 15) is 9.59 Å². The van der Waals surface area contributed by atoms with Crippen molar-refractivity contribution in [2.24, 2.45) is 0 Å². The average molecular weight is 384 g/mol. The van der Waals surface area contributed by atoms with Crippen LogP contribution in [-0.4, -0.2) is 25.2 Å². The van der Waals surface area contributed by atoms with Crippen molar-refractivity contribution in [1.82, 2.24) is 0 Å². The molecule has 4 rings (SSSR count). The summed E-state index contributed by atoms with van der Waals surface area (Å²) in [5, 5.41) is 0. The molecule has 2 aliphatic heterocycles. The van der Waals surface area contributed by atoms with Crippen LogP contribution in [0.25, 0.3) is 0 Å². The number of hydrogen-bond donors (Lipinski definition) is 2. The summed E-state index contributed by atoms with van der Waals surface area (Å²) in [6.07, 6.45) is 3.33. The van der Waals surface area contributed by atoms with E-state index in [0.717, 1.165) is 48.3 Å². The van der Waals surface area contributed by atoms with Gasteiger partial charge < -0.3 is 19.1 Å². The molecule has 0 fully saturated rings. The number of fused-ring (bicyclic) bond motifs is 2. The third-order valence-electron chi connectivity index (χ3n) is 4.60. The van der Waals surface area contributed by atoms with E-state index in [1.54, 1.807) is 24.3 Å². The fourth-order valence-corrected chi connectivity index (χ4v) is 3.26. The highest BCUT2D eigenvalue weighted by atomic mass is 16.7. The topological polar surface area (TPSA) is 95.1 Å². The Morgan fingerprint density at radius 1 is 0.750 bits per heavy atom. The third kappa shape index (κ3) is 3.80. The number of nitrogens with one attached hydrogen (secondary N) is 2. The van der Waals surface area contributed by atoms with Gasteiger partial charge in [-0.1, -0.05) is 12.1 Å². The largest absolute Gasteiger partial charge is 0.493 e. The Bertz CT molecular complexity index is 825. The molecule has 28 heavy (non-hydrogen) atoms. The van der Waals surface area contributed by atoms with Gasteiger partial charge in [0.15, 0.2) is 0 Å². The Kier molecular flexibility index (Phi) is 5.18. The normalized spacial score (nSPS) is 14.4. The predicted octanol–water partition coefficient (Wildman–Crippen LogP) is 2.78. The van der Waals surface area contributed by atoms with Gasteiger partial charge in [-0.05, 0) is 49.9 Å². The summed E-state index contributed by atoms with van der Waals surface area (Å²) < 4.78 is 11.1. The van der Waals surface area contributed by atoms with Crippen LogP contribution in [0.5, 0.6) is 11.5 Å². The van der Waals surface area contributed by atoms with Gasteiger partial charge in [-0.15, -0.1) is 0 Å². The van der Waals surface area contributed by atoms with Crippen molar-refractivity contribution in [3.8, 4) is 11.5 Å². The van der Waals surface area contributed by atoms with Crippen molar-refractivity contribution in [2.45, 2.75) is 25.7 Å². The zero-order valence-electron chi connectivity index (χ0n) is 15.2. The zero-order valence-corrected chi connectivity index (χ0v) is 15.2. The number of rotatable bonds is 4. The van der Waals surface area contributed by atoms with E-state index >= 15 is 0 Å². The Labute approximate surface area is 161 Å². The minimum absolute atomic E-state index is 0.584. The van der Waals surface area contributed by atoms with Crippen molar-refractivity contribution in [3.63, 3.8) is 0 Å². The summed E-state index contributed by atoms with van der Waals surface area (Å²) in [6, 6.07) is 10.8. The number of hydrogen-bond acceptors (Lipinski definition) is 8. The molecule has 0 saturated carbocycles. The first kappa shape index (κ1) is 18.0. The maximum absolute atomic E-state index is 11.9. The molecule has 2 aromatic rings. The van der Waals surface area contributed by atoms with Crippen molar-refractivity contribution in [2.75, 3.05) is 24.2 Å². The highest BCUT2D eigenvalue weighted by molar-refractivity contribution is 6.29. The van der Waals surface area contributed by atoms with Gasteiger partial charge in [0.1, 0.15) is 11.5 Å². The Morgan fingerprint density at radius 2 is 1.21 bits per heavy atom. The molecule has 0 aromatic heterocycles. The van der Waals surface area contributed by atoms with E-state index in [4.69, 9.17) is 19.1 Å². The first-order valence-corrected chi connectivity index (χ1v) is 9.16. The molecule has 0 bridgehead atoms. The summed E-state index contributed by atoms with van der Waals surface area (Å²) in [5.74, 6) is -0.842. The molecule has 0 saturated heterocycles. The van der Waals surface area contributed by atoms with Gasteiger partial charge in [0.2, 0.25) is 0 Å². The van der Waals surface area contributed by atoms with Crippen LogP contribution in [0, 0.1) is 0 Å². The second-order valence-electron chi connectivity index (χ2n) is 6.45. The average Bonchev–Trinajstić information content (AvgIpc) is 2.75. The van der Waals surface area contributed by atoms with Gasteiger partial charge >= 0.3 is 11.9 Å². The summed E-state index contributed by atoms with van der Waals surface area (Å²) in [4.78, 5) is 33.6. The van der Waals surface area contributed by atoms with Crippen LogP contribution in [0.1, 0.15) is 24.0 Å². The van der Waals surface area contributed by atoms with Crippen molar-refractivity contribution in [3.05, 3.63) is 47.5 Å². The molecule has 8 heteroatoms. The molecule has 146 valence electrons. The maximum atomic E-state index is 11.9. The Morgan fingerprint density at radius 3 is 1.68 bits per heavy atom. The third-order valence-corrected chi connectivity index (χ3v) is 4.60. The van der Waals surface area contributed by atoms with E-state index in [0.29, 0.717) is 24.6 Å². The molecule has 2 N–H and O–H groups in total. The summed E-state index contributed by atoms with van der Waals surface area (Å²) in [6.45, 7) is 1.31. The maximum Gasteiger partial charge on any atom is 0.443 e. The molecule has 0 unspecified atom stereocenters. The van der Waals surface area contributed by atoms with Crippen LogP contribution in [0.15, 0.2) is 36.4 Å². The van der Waals surface area contributed by atoms with E-state index in [1.807, 2.05) is 12.1 Å². The van der Waals surface area contributed by atoms with Crippen LogP contribution < -0.4 is 20.4 Å². The predicted molar refractivity (Wildman–Crippen MR) is 99.9 cm³/mol. The first-order chi connectivity index (χ1) is 13.7. The standard InChI is InChI=1S/C20H20N2O6/c23-19(27-21-15-7-1-9-17-13(15)5-3-11-25-17)20(24)28-22-16-8-2-10-18-14(16)6-4-12-26-18/h1-2,7-10,21-22H,3-6,11-12H2. The molecule has 0 amide bonds. The van der Waals surface area contributed by atoms with Gasteiger partial charge in [-0.25, -0.2) is 20.5 Å². The van der Waals surface area contributed by atoms with Gasteiger partial charge in [-0.2, -0.15) is 0 Å². The van der Waals surface area contributed by atoms with E-state index in [2.05, 4.69) is 11.0 Å². The highest BCUT2D eigenvalue weighted by Gasteiger charge is 2.22. The minimum Gasteiger partial charge on any atom is -0.493 e. The molecular formula is C20H20N2O6. The minimum atomic E-state index is -1.16. The fraction of sp³-hybridized carbons (Fsp3) is 0.300. The SMILES string of the molecule is O=C(ONc1cccc2c1CCCO2)C(=O)ONc1cccc2c1CCCO2. The second kappa shape index (κ2) is 8.08. The smallest absolute Gasteiger partial charge is 0.443 e. The van der Waals surface area contributed by atoms with Gasteiger partial charge in [-0.3, -0.25) is 0 Å². The van der Waals surface area contributed by atoms with Crippen LogP contribution >= 0.6 is 0 Å². The summed E-state index contributed by atoms with van der Waals surface area (Å²) in [5.41, 5.74) is 8.03. The molecule has 2 heterocycles. The van der Waals surface area contributed by atoms with E-state index in [-0.39, 0.29) is 0 Å². The number of ether oxygens (including phenoxy) is 2. The van der Waals surface area contributed by atoms with E-state index < -0.39 is 11.9 Å². The van der Waals surface area contributed by atoms with Crippen molar-refractivity contribution in [1.29, 1.82) is 0 Å². The van der Waals surface area contributed by atoms with Gasteiger partial charge in [0, 0.05) is 11.1 Å². The van der Waals surface area contributed by atoms with Crippen LogP contribution in [0.2, 0.25) is 0 Å². The van der Waals surface area contributed by atoms with Gasteiger partial charge in [0.05, 0.1) is 24.6 Å². The van der Waals surface area contributed by atoms with Crippen LogP contribution in [0.3, 0.4) is 0 Å². The van der Waals surface area contributed by atoms with E-state index in [1.165, 1.54) is 0 Å². The molecule has 2 aliphatic rings. The summed E-state index contributed by atoms with van der Waals surface area (Å²) >= 11 is 0. The monoisotopic (exact) mass is 384 g/mol. The highest BCUT2D eigenvalue weighted by Crippen LogP contribution is 2.32. The van der Waals surface area contributed by atoms with Crippen LogP contribution in [-0.2, 0) is 32.1 Å². The second-order valence-corrected chi connectivity index (χ2v) is 6.45. The lowest BCUT2D eigenvalue weighted by molar-refractivity contribution is -0.164. The zero-order chi connectivity index (χ0) is 19.3. The number of carbonyl (C=O) groups excluding carboxylic acids is 2. The fourth-order valence-electron chi connectivity index (χ4n) is 3.26. The number of anilines is 2. The molecule has 0 radical (unpaired) electrons. The first-order valence-electron chi connectivity index (χ1n) is 9.16. The van der Waals surface area contributed by atoms with Crippen molar-refractivity contribution >= 4 is 23.3 Å². The lowest BCUT2D eigenvalue weighted by Crippen LogP contribution is -2.26. The molecule has 0 atom stereocenters. The Hall–Kier alpha value is -3.42. The molecule has 0 spiro atoms. The van der Waals surface area contributed by atoms with Crippen LogP contribution in [0.4, 0.5) is 11.4 Å². The lowest BCUT2D eigenvalue weighted by Gasteiger charge is -2.20. The summed E-state index contributed by atoms with van der Waals surface area (Å²) in [7, 11) is 0. The Balaban J connectivity index is 1.33. The van der Waals surface area contributed by atoms with Crippen molar-refractivity contribution < 1.29 is 28.7 Å². The lowest BCUT2D eigenvalue weighted by atomic mass is 10.0. The number of benzene rings is 2. The molecule has 8 nitrogen and oxygen atoms in total. The van der Waals surface area contributed by atoms with Gasteiger partial charge in [0.25, 0.3) is 0 Å². The molecular weight excluding hydrogens is 364 g/mol.